The van der Waals surface area contributed by atoms with Crippen molar-refractivity contribution in [3.63, 3.8) is 0 Å². The minimum absolute atomic E-state index is 0.113. The SMILES string of the molecule is COC(=O)CCS(=O)(CCC(=O)OC)=NC(=O)c1cnc(N)c(I)c1. The van der Waals surface area contributed by atoms with Crippen LogP contribution in [0.25, 0.3) is 0 Å². The van der Waals surface area contributed by atoms with Gasteiger partial charge in [0.05, 0.1) is 45.9 Å². The number of rotatable bonds is 7. The number of methoxy groups -OCH3 is 2. The third-order valence-corrected chi connectivity index (χ3v) is 6.12. The van der Waals surface area contributed by atoms with Crippen LogP contribution < -0.4 is 5.73 Å². The number of nitrogen functional groups attached to an aromatic ring is 1. The third kappa shape index (κ3) is 6.94. The van der Waals surface area contributed by atoms with Crippen LogP contribution in [0.3, 0.4) is 0 Å². The first kappa shape index (κ1) is 21.3. The summed E-state index contributed by atoms with van der Waals surface area (Å²) in [6.45, 7) is 0. The third-order valence-electron chi connectivity index (χ3n) is 3.07. The maximum Gasteiger partial charge on any atom is 0.306 e. The Morgan fingerprint density at radius 2 is 1.72 bits per heavy atom. The van der Waals surface area contributed by atoms with E-state index in [2.05, 4.69) is 18.8 Å². The molecule has 0 fully saturated rings. The fourth-order valence-electron chi connectivity index (χ4n) is 1.65. The normalized spacial score (nSPS) is 10.8. The van der Waals surface area contributed by atoms with Gasteiger partial charge in [0.25, 0.3) is 5.91 Å². The first-order valence-electron chi connectivity index (χ1n) is 7.02. The molecular weight excluding hydrogens is 465 g/mol. The molecule has 138 valence electrons. The average molecular weight is 483 g/mol. The molecule has 0 aliphatic rings. The number of hydrogen-bond donors (Lipinski definition) is 1. The van der Waals surface area contributed by atoms with Crippen molar-refractivity contribution < 1.29 is 28.1 Å². The quantitative estimate of drug-likeness (QED) is 0.448. The number of nitrogens with zero attached hydrogens (tertiary/aromatic N) is 2. The van der Waals surface area contributed by atoms with E-state index in [4.69, 9.17) is 5.73 Å². The van der Waals surface area contributed by atoms with Crippen LogP contribution in [-0.2, 0) is 28.8 Å². The molecule has 0 aliphatic carbocycles. The maximum atomic E-state index is 12.9. The van der Waals surface area contributed by atoms with Gasteiger partial charge in [0.15, 0.2) is 0 Å². The van der Waals surface area contributed by atoms with Crippen molar-refractivity contribution in [3.05, 3.63) is 21.4 Å². The molecule has 25 heavy (non-hydrogen) atoms. The van der Waals surface area contributed by atoms with Gasteiger partial charge in [-0.3, -0.25) is 14.4 Å². The Morgan fingerprint density at radius 3 is 2.16 bits per heavy atom. The van der Waals surface area contributed by atoms with Crippen LogP contribution >= 0.6 is 22.6 Å². The lowest BCUT2D eigenvalue weighted by atomic mass is 10.3. The predicted molar refractivity (Wildman–Crippen MR) is 99.3 cm³/mol. The minimum Gasteiger partial charge on any atom is -0.469 e. The van der Waals surface area contributed by atoms with Crippen molar-refractivity contribution in [3.8, 4) is 0 Å². The van der Waals surface area contributed by atoms with E-state index in [-0.39, 0.29) is 35.7 Å². The van der Waals surface area contributed by atoms with Crippen LogP contribution in [0.5, 0.6) is 0 Å². The van der Waals surface area contributed by atoms with Gasteiger partial charge in [-0.25, -0.2) is 9.19 Å². The topological polar surface area (TPSA) is 138 Å². The van der Waals surface area contributed by atoms with Crippen LogP contribution in [-0.4, -0.2) is 52.8 Å². The monoisotopic (exact) mass is 483 g/mol. The highest BCUT2D eigenvalue weighted by Crippen LogP contribution is 2.15. The summed E-state index contributed by atoms with van der Waals surface area (Å²) in [5.41, 5.74) is 5.70. The van der Waals surface area contributed by atoms with Crippen LogP contribution in [0.15, 0.2) is 16.6 Å². The Hall–Kier alpha value is -1.76. The molecule has 9 nitrogen and oxygen atoms in total. The van der Waals surface area contributed by atoms with Gasteiger partial charge < -0.3 is 15.2 Å². The Bertz CT molecular complexity index is 763. The highest BCUT2D eigenvalue weighted by atomic mass is 127. The van der Waals surface area contributed by atoms with E-state index in [9.17, 15) is 18.6 Å². The van der Waals surface area contributed by atoms with Crippen LogP contribution in [0.4, 0.5) is 5.82 Å². The van der Waals surface area contributed by atoms with Crippen LogP contribution in [0.2, 0.25) is 0 Å². The van der Waals surface area contributed by atoms with E-state index in [0.29, 0.717) is 3.57 Å². The summed E-state index contributed by atoms with van der Waals surface area (Å²) in [6.07, 6.45) is 0.847. The summed E-state index contributed by atoms with van der Waals surface area (Å²) in [6, 6.07) is 1.47. The number of carbonyl (C=O) groups is 3. The van der Waals surface area contributed by atoms with Gasteiger partial charge in [0.1, 0.15) is 5.82 Å². The van der Waals surface area contributed by atoms with Gasteiger partial charge in [0.2, 0.25) is 0 Å². The smallest absolute Gasteiger partial charge is 0.306 e. The Kier molecular flexibility index (Phi) is 8.22. The lowest BCUT2D eigenvalue weighted by Crippen LogP contribution is -2.19. The summed E-state index contributed by atoms with van der Waals surface area (Å²) < 4.78 is 26.2. The van der Waals surface area contributed by atoms with E-state index < -0.39 is 27.6 Å². The molecule has 11 heteroatoms. The molecule has 0 radical (unpaired) electrons. The number of aromatic nitrogens is 1. The number of halogens is 1. The second-order valence-corrected chi connectivity index (χ2v) is 8.53. The van der Waals surface area contributed by atoms with Crippen molar-refractivity contribution >= 4 is 56.0 Å². The molecule has 1 rings (SSSR count). The summed E-state index contributed by atoms with van der Waals surface area (Å²) in [5, 5.41) is 0. The van der Waals surface area contributed by atoms with Crippen LogP contribution in [0.1, 0.15) is 23.2 Å². The lowest BCUT2D eigenvalue weighted by Gasteiger charge is -2.09. The molecule has 1 heterocycles. The largest absolute Gasteiger partial charge is 0.469 e. The zero-order chi connectivity index (χ0) is 19.0. The minimum atomic E-state index is -3.16. The van der Waals surface area contributed by atoms with Gasteiger partial charge in [0, 0.05) is 17.7 Å². The van der Waals surface area contributed by atoms with Crippen molar-refractivity contribution in [2.24, 2.45) is 4.36 Å². The number of ether oxygens (including phenoxy) is 2. The Balaban J connectivity index is 3.10. The van der Waals surface area contributed by atoms with Gasteiger partial charge in [-0.05, 0) is 28.7 Å². The zero-order valence-corrected chi connectivity index (χ0v) is 16.7. The maximum absolute atomic E-state index is 12.9. The zero-order valence-electron chi connectivity index (χ0n) is 13.7. The van der Waals surface area contributed by atoms with Crippen molar-refractivity contribution in [1.29, 1.82) is 0 Å². The van der Waals surface area contributed by atoms with Crippen molar-refractivity contribution in [2.75, 3.05) is 31.5 Å². The predicted octanol–water partition coefficient (Wildman–Crippen LogP) is 1.00. The van der Waals surface area contributed by atoms with E-state index >= 15 is 0 Å². The molecule has 0 spiro atoms. The Labute approximate surface area is 159 Å². The average Bonchev–Trinajstić information content (AvgIpc) is 2.59. The molecule has 1 aromatic rings. The molecule has 0 atom stereocenters. The molecule has 2 N–H and O–H groups in total. The van der Waals surface area contributed by atoms with Gasteiger partial charge in [-0.2, -0.15) is 4.36 Å². The Morgan fingerprint density at radius 1 is 1.20 bits per heavy atom. The summed E-state index contributed by atoms with van der Waals surface area (Å²) >= 11 is 1.91. The van der Waals surface area contributed by atoms with Gasteiger partial charge >= 0.3 is 11.9 Å². The summed E-state index contributed by atoms with van der Waals surface area (Å²) in [4.78, 5) is 38.7. The first-order valence-corrected chi connectivity index (χ1v) is 9.95. The molecule has 1 amide bonds. The fraction of sp³-hybridized carbons (Fsp3) is 0.429. The van der Waals surface area contributed by atoms with Gasteiger partial charge in [-0.1, -0.05) is 0 Å². The molecule has 0 bridgehead atoms. The van der Waals surface area contributed by atoms with Crippen molar-refractivity contribution in [1.82, 2.24) is 4.98 Å². The highest BCUT2D eigenvalue weighted by Gasteiger charge is 2.18. The number of esters is 2. The first-order chi connectivity index (χ1) is 11.7. The number of hydrogen-bond acceptors (Lipinski definition) is 8. The summed E-state index contributed by atoms with van der Waals surface area (Å²) in [5.74, 6) is -2.09. The van der Waals surface area contributed by atoms with E-state index in [1.165, 1.54) is 26.5 Å². The second kappa shape index (κ2) is 9.65. The molecule has 0 aromatic carbocycles. The molecule has 0 saturated heterocycles. The molecule has 0 saturated carbocycles. The standard InChI is InChI=1S/C14H18IN3O6S/c1-23-11(19)3-5-25(22,6-4-12(20)24-2)18-14(21)9-7-10(15)13(16)17-8-9/h7-8H,3-6H2,1-2H3,(H2,16,17). The molecule has 1 aromatic heterocycles. The van der Waals surface area contributed by atoms with Crippen LogP contribution in [0, 0.1) is 3.57 Å². The molecule has 0 aliphatic heterocycles. The fourth-order valence-corrected chi connectivity index (χ4v) is 3.89. The van der Waals surface area contributed by atoms with E-state index in [0.717, 1.165) is 0 Å². The number of nitrogens with two attached hydrogens (primary N) is 1. The van der Waals surface area contributed by atoms with Crippen molar-refractivity contribution in [2.45, 2.75) is 12.8 Å². The molecule has 0 unspecified atom stereocenters. The van der Waals surface area contributed by atoms with Gasteiger partial charge in [-0.15, -0.1) is 0 Å². The number of carbonyl (C=O) groups excluding carboxylic acids is 3. The number of anilines is 1. The lowest BCUT2D eigenvalue weighted by molar-refractivity contribution is -0.140. The number of pyridine rings is 1. The van der Waals surface area contributed by atoms with E-state index in [1.54, 1.807) is 0 Å². The molecular formula is C14H18IN3O6S. The highest BCUT2D eigenvalue weighted by molar-refractivity contribution is 14.1. The van der Waals surface area contributed by atoms with E-state index in [1.807, 2.05) is 22.6 Å². The summed E-state index contributed by atoms with van der Waals surface area (Å²) in [7, 11) is -0.763. The number of amides is 1. The second-order valence-electron chi connectivity index (χ2n) is 4.82.